The fourth-order valence-corrected chi connectivity index (χ4v) is 2.22. The van der Waals surface area contributed by atoms with Crippen molar-refractivity contribution in [3.63, 3.8) is 0 Å². The summed E-state index contributed by atoms with van der Waals surface area (Å²) in [6.45, 7) is 0.294. The SMILES string of the molecule is N#Cc1ncccc1COc1ccc(Br)cc1CCl. The maximum Gasteiger partial charge on any atom is 0.147 e. The lowest BCUT2D eigenvalue weighted by molar-refractivity contribution is 0.303. The van der Waals surface area contributed by atoms with E-state index in [1.54, 1.807) is 12.3 Å². The third kappa shape index (κ3) is 3.46. The molecule has 0 spiro atoms. The van der Waals surface area contributed by atoms with Crippen LogP contribution >= 0.6 is 27.5 Å². The monoisotopic (exact) mass is 336 g/mol. The molecule has 96 valence electrons. The normalized spacial score (nSPS) is 9.95. The highest BCUT2D eigenvalue weighted by Gasteiger charge is 2.07. The number of nitrogens with zero attached hydrogens (tertiary/aromatic N) is 2. The molecule has 0 radical (unpaired) electrons. The smallest absolute Gasteiger partial charge is 0.147 e. The number of aromatic nitrogens is 1. The van der Waals surface area contributed by atoms with Gasteiger partial charge in [0.25, 0.3) is 0 Å². The molecule has 19 heavy (non-hydrogen) atoms. The fourth-order valence-electron chi connectivity index (χ4n) is 1.60. The molecule has 0 atom stereocenters. The van der Waals surface area contributed by atoms with Gasteiger partial charge in [0.15, 0.2) is 0 Å². The molecule has 5 heteroatoms. The van der Waals surface area contributed by atoms with Gasteiger partial charge in [-0.1, -0.05) is 22.0 Å². The van der Waals surface area contributed by atoms with Gasteiger partial charge in [0.2, 0.25) is 0 Å². The van der Waals surface area contributed by atoms with Crippen LogP contribution in [0, 0.1) is 11.3 Å². The van der Waals surface area contributed by atoms with Crippen LogP contribution in [0.4, 0.5) is 0 Å². The number of halogens is 2. The number of rotatable bonds is 4. The van der Waals surface area contributed by atoms with Gasteiger partial charge in [-0.3, -0.25) is 0 Å². The Morgan fingerprint density at radius 2 is 2.16 bits per heavy atom. The highest BCUT2D eigenvalue weighted by molar-refractivity contribution is 9.10. The molecular formula is C14H10BrClN2O. The minimum atomic E-state index is 0.294. The molecule has 0 saturated carbocycles. The molecule has 0 aliphatic heterocycles. The van der Waals surface area contributed by atoms with Crippen molar-refractivity contribution in [3.8, 4) is 11.8 Å². The van der Waals surface area contributed by atoms with Crippen molar-refractivity contribution in [1.82, 2.24) is 4.98 Å². The summed E-state index contributed by atoms with van der Waals surface area (Å²) in [7, 11) is 0. The van der Waals surface area contributed by atoms with E-state index in [1.807, 2.05) is 30.3 Å². The molecule has 0 aliphatic rings. The topological polar surface area (TPSA) is 45.9 Å². The summed E-state index contributed by atoms with van der Waals surface area (Å²) in [5.74, 6) is 1.08. The zero-order valence-corrected chi connectivity index (χ0v) is 12.3. The van der Waals surface area contributed by atoms with Crippen LogP contribution < -0.4 is 4.74 Å². The van der Waals surface area contributed by atoms with Crippen molar-refractivity contribution in [2.24, 2.45) is 0 Å². The lowest BCUT2D eigenvalue weighted by atomic mass is 10.2. The van der Waals surface area contributed by atoms with Gasteiger partial charge in [0.05, 0.1) is 5.88 Å². The summed E-state index contributed by atoms with van der Waals surface area (Å²) in [5.41, 5.74) is 2.04. The van der Waals surface area contributed by atoms with Crippen molar-refractivity contribution < 1.29 is 4.74 Å². The Bertz CT molecular complexity index is 625. The predicted octanol–water partition coefficient (Wildman–Crippen LogP) is 4.03. The number of ether oxygens (including phenoxy) is 1. The molecule has 0 amide bonds. The second-order valence-corrected chi connectivity index (χ2v) is 4.98. The van der Waals surface area contributed by atoms with Crippen molar-refractivity contribution >= 4 is 27.5 Å². The number of pyridine rings is 1. The van der Waals surface area contributed by atoms with Gasteiger partial charge in [-0.25, -0.2) is 4.98 Å². The first kappa shape index (κ1) is 13.9. The summed E-state index contributed by atoms with van der Waals surface area (Å²) in [6, 6.07) is 11.3. The molecule has 1 aromatic carbocycles. The van der Waals surface area contributed by atoms with Crippen molar-refractivity contribution in [3.05, 3.63) is 57.8 Å². The predicted molar refractivity (Wildman–Crippen MR) is 77.0 cm³/mol. The van der Waals surface area contributed by atoms with Gasteiger partial charge < -0.3 is 4.74 Å². The van der Waals surface area contributed by atoms with Gasteiger partial charge in [0.1, 0.15) is 24.1 Å². The maximum absolute atomic E-state index is 8.96. The highest BCUT2D eigenvalue weighted by Crippen LogP contribution is 2.25. The molecule has 0 unspecified atom stereocenters. The van der Waals surface area contributed by atoms with Crippen LogP contribution in [0.2, 0.25) is 0 Å². The van der Waals surface area contributed by atoms with Crippen molar-refractivity contribution in [2.75, 3.05) is 0 Å². The molecule has 2 rings (SSSR count). The molecule has 0 saturated heterocycles. The molecule has 3 nitrogen and oxygen atoms in total. The third-order valence-corrected chi connectivity index (χ3v) is 3.33. The summed E-state index contributed by atoms with van der Waals surface area (Å²) < 4.78 is 6.67. The summed E-state index contributed by atoms with van der Waals surface area (Å²) in [4.78, 5) is 3.99. The van der Waals surface area contributed by atoms with Crippen molar-refractivity contribution in [2.45, 2.75) is 12.5 Å². The number of hydrogen-bond acceptors (Lipinski definition) is 3. The lowest BCUT2D eigenvalue weighted by Gasteiger charge is -2.10. The number of benzene rings is 1. The number of nitriles is 1. The summed E-state index contributed by atoms with van der Waals surface area (Å²) in [6.07, 6.45) is 1.59. The van der Waals surface area contributed by atoms with E-state index in [2.05, 4.69) is 20.9 Å². The van der Waals surface area contributed by atoms with Crippen LogP contribution in [-0.2, 0) is 12.5 Å². The minimum Gasteiger partial charge on any atom is -0.488 e. The largest absolute Gasteiger partial charge is 0.488 e. The Balaban J connectivity index is 2.17. The van der Waals surface area contributed by atoms with Crippen LogP contribution in [0.3, 0.4) is 0 Å². The highest BCUT2D eigenvalue weighted by atomic mass is 79.9. The standard InChI is InChI=1S/C14H10BrClN2O/c15-12-3-4-14(11(6-12)7-16)19-9-10-2-1-5-18-13(10)8-17/h1-6H,7,9H2. The Morgan fingerprint density at radius 3 is 2.89 bits per heavy atom. The molecule has 0 bridgehead atoms. The van der Waals surface area contributed by atoms with Crippen molar-refractivity contribution in [1.29, 1.82) is 5.26 Å². The van der Waals surface area contributed by atoms with Gasteiger partial charge in [0, 0.05) is 21.8 Å². The number of alkyl halides is 1. The van der Waals surface area contributed by atoms with Gasteiger partial charge in [-0.05, 0) is 24.3 Å². The van der Waals surface area contributed by atoms with E-state index in [-0.39, 0.29) is 0 Å². The first-order chi connectivity index (χ1) is 9.24. The first-order valence-corrected chi connectivity index (χ1v) is 6.88. The van der Waals surface area contributed by atoms with Crippen LogP contribution in [0.25, 0.3) is 0 Å². The second kappa shape index (κ2) is 6.55. The molecule has 1 aromatic heterocycles. The van der Waals surface area contributed by atoms with E-state index in [4.69, 9.17) is 21.6 Å². The zero-order chi connectivity index (χ0) is 13.7. The molecule has 0 fully saturated rings. The Morgan fingerprint density at radius 1 is 1.32 bits per heavy atom. The second-order valence-electron chi connectivity index (χ2n) is 3.80. The maximum atomic E-state index is 8.96. The molecule has 0 aliphatic carbocycles. The fraction of sp³-hybridized carbons (Fsp3) is 0.143. The van der Waals surface area contributed by atoms with Crippen LogP contribution in [0.5, 0.6) is 5.75 Å². The Labute approximate surface area is 124 Å². The van der Waals surface area contributed by atoms with E-state index in [0.717, 1.165) is 15.6 Å². The van der Waals surface area contributed by atoms with Gasteiger partial charge >= 0.3 is 0 Å². The summed E-state index contributed by atoms with van der Waals surface area (Å²) in [5, 5.41) is 8.96. The van der Waals surface area contributed by atoms with Gasteiger partial charge in [-0.15, -0.1) is 11.6 Å². The molecule has 0 N–H and O–H groups in total. The molecule has 2 aromatic rings. The van der Waals surface area contributed by atoms with E-state index >= 15 is 0 Å². The van der Waals surface area contributed by atoms with E-state index in [0.29, 0.717) is 23.9 Å². The first-order valence-electron chi connectivity index (χ1n) is 5.55. The van der Waals surface area contributed by atoms with Crippen LogP contribution in [0.1, 0.15) is 16.8 Å². The molecular weight excluding hydrogens is 328 g/mol. The van der Waals surface area contributed by atoms with Gasteiger partial charge in [-0.2, -0.15) is 5.26 Å². The molecule has 1 heterocycles. The van der Waals surface area contributed by atoms with Crippen LogP contribution in [-0.4, -0.2) is 4.98 Å². The Hall–Kier alpha value is -1.57. The van der Waals surface area contributed by atoms with E-state index in [9.17, 15) is 0 Å². The average Bonchev–Trinajstić information content (AvgIpc) is 2.46. The van der Waals surface area contributed by atoms with E-state index < -0.39 is 0 Å². The lowest BCUT2D eigenvalue weighted by Crippen LogP contribution is -2.01. The zero-order valence-electron chi connectivity index (χ0n) is 9.94. The average molecular weight is 338 g/mol. The summed E-state index contributed by atoms with van der Waals surface area (Å²) >= 11 is 9.27. The third-order valence-electron chi connectivity index (χ3n) is 2.55. The van der Waals surface area contributed by atoms with E-state index in [1.165, 1.54) is 0 Å². The van der Waals surface area contributed by atoms with Crippen LogP contribution in [0.15, 0.2) is 41.0 Å². The quantitative estimate of drug-likeness (QED) is 0.791. The Kier molecular flexibility index (Phi) is 4.78. The number of hydrogen-bond donors (Lipinski definition) is 0. The minimum absolute atomic E-state index is 0.294.